The van der Waals surface area contributed by atoms with Gasteiger partial charge >= 0.3 is 0 Å². The summed E-state index contributed by atoms with van der Waals surface area (Å²) in [6.45, 7) is 8.17. The molecule has 0 saturated carbocycles. The molecule has 0 spiro atoms. The molecule has 4 nitrogen and oxygen atoms in total. The van der Waals surface area contributed by atoms with Crippen molar-refractivity contribution in [1.82, 2.24) is 9.88 Å². The molecule has 0 bridgehead atoms. The van der Waals surface area contributed by atoms with E-state index in [0.717, 1.165) is 25.1 Å². The first-order valence-electron chi connectivity index (χ1n) is 7.56. The summed E-state index contributed by atoms with van der Waals surface area (Å²) in [5, 5.41) is 0. The van der Waals surface area contributed by atoms with E-state index in [0.29, 0.717) is 12.6 Å². The summed E-state index contributed by atoms with van der Waals surface area (Å²) < 4.78 is 5.26. The van der Waals surface area contributed by atoms with E-state index in [9.17, 15) is 0 Å². The average molecular weight is 279 g/mol. The zero-order valence-electron chi connectivity index (χ0n) is 13.2. The van der Waals surface area contributed by atoms with E-state index < -0.39 is 0 Å². The van der Waals surface area contributed by atoms with Crippen LogP contribution in [0.4, 0.5) is 0 Å². The Hall–Kier alpha value is -0.970. The van der Waals surface area contributed by atoms with Crippen molar-refractivity contribution in [2.24, 2.45) is 5.73 Å². The maximum Gasteiger partial charge on any atom is 0.0676 e. The lowest BCUT2D eigenvalue weighted by atomic mass is 9.98. The highest BCUT2D eigenvalue weighted by Gasteiger charge is 2.29. The number of ether oxygens (including phenoxy) is 1. The molecule has 2 N–H and O–H groups in total. The molecule has 0 amide bonds. The van der Waals surface area contributed by atoms with Crippen molar-refractivity contribution in [2.75, 3.05) is 20.3 Å². The number of aromatic nitrogens is 1. The first kappa shape index (κ1) is 17.1. The van der Waals surface area contributed by atoms with E-state index in [1.165, 1.54) is 0 Å². The Labute approximate surface area is 123 Å². The molecule has 3 atom stereocenters. The Morgan fingerprint density at radius 1 is 1.30 bits per heavy atom. The molecule has 1 aromatic heterocycles. The minimum atomic E-state index is 0.0794. The largest absolute Gasteiger partial charge is 0.383 e. The van der Waals surface area contributed by atoms with Crippen molar-refractivity contribution in [3.05, 3.63) is 30.1 Å². The molecule has 0 aromatic carbocycles. The molecule has 1 rings (SSSR count). The van der Waals surface area contributed by atoms with Crippen LogP contribution in [0.25, 0.3) is 0 Å². The number of hydrogen-bond acceptors (Lipinski definition) is 4. The van der Waals surface area contributed by atoms with Gasteiger partial charge in [-0.05, 0) is 31.9 Å². The van der Waals surface area contributed by atoms with Crippen LogP contribution in [-0.2, 0) is 4.74 Å². The Morgan fingerprint density at radius 3 is 2.55 bits per heavy atom. The lowest BCUT2D eigenvalue weighted by Gasteiger charge is -2.38. The van der Waals surface area contributed by atoms with E-state index in [2.05, 4.69) is 36.7 Å². The van der Waals surface area contributed by atoms with E-state index in [4.69, 9.17) is 10.5 Å². The van der Waals surface area contributed by atoms with Crippen LogP contribution in [0.5, 0.6) is 0 Å². The third-order valence-electron chi connectivity index (χ3n) is 3.94. The molecule has 1 aromatic rings. The van der Waals surface area contributed by atoms with Gasteiger partial charge in [-0.2, -0.15) is 0 Å². The van der Waals surface area contributed by atoms with Crippen LogP contribution in [0.2, 0.25) is 0 Å². The third kappa shape index (κ3) is 4.54. The molecule has 0 aliphatic heterocycles. The molecular weight excluding hydrogens is 250 g/mol. The highest BCUT2D eigenvalue weighted by Crippen LogP contribution is 2.26. The first-order chi connectivity index (χ1) is 9.65. The fraction of sp³-hybridized carbons (Fsp3) is 0.688. The van der Waals surface area contributed by atoms with Gasteiger partial charge in [0.25, 0.3) is 0 Å². The van der Waals surface area contributed by atoms with Gasteiger partial charge in [-0.25, -0.2) is 0 Å². The van der Waals surface area contributed by atoms with Crippen LogP contribution < -0.4 is 5.73 Å². The Kier molecular flexibility index (Phi) is 7.73. The second kappa shape index (κ2) is 9.06. The molecule has 0 aliphatic rings. The average Bonchev–Trinajstić information content (AvgIpc) is 2.50. The summed E-state index contributed by atoms with van der Waals surface area (Å²) in [5.74, 6) is 0. The van der Waals surface area contributed by atoms with Crippen molar-refractivity contribution in [3.8, 4) is 0 Å². The van der Waals surface area contributed by atoms with Crippen molar-refractivity contribution >= 4 is 0 Å². The third-order valence-corrected chi connectivity index (χ3v) is 3.94. The van der Waals surface area contributed by atoms with Gasteiger partial charge in [0.05, 0.1) is 18.3 Å². The molecule has 0 saturated heterocycles. The summed E-state index contributed by atoms with van der Waals surface area (Å²) in [5.41, 5.74) is 7.45. The monoisotopic (exact) mass is 279 g/mol. The molecule has 0 radical (unpaired) electrons. The maximum atomic E-state index is 6.39. The predicted octanol–water partition coefficient (Wildman–Crippen LogP) is 2.61. The number of methoxy groups -OCH3 is 1. The van der Waals surface area contributed by atoms with Gasteiger partial charge in [0.2, 0.25) is 0 Å². The second-order valence-electron chi connectivity index (χ2n) is 5.26. The molecule has 114 valence electrons. The van der Waals surface area contributed by atoms with Gasteiger partial charge in [-0.15, -0.1) is 0 Å². The molecule has 20 heavy (non-hydrogen) atoms. The Bertz CT molecular complexity index is 358. The quantitative estimate of drug-likeness (QED) is 0.755. The number of hydrogen-bond donors (Lipinski definition) is 1. The molecule has 1 heterocycles. The normalized spacial score (nSPS) is 16.1. The zero-order valence-corrected chi connectivity index (χ0v) is 13.2. The van der Waals surface area contributed by atoms with Crippen LogP contribution >= 0.6 is 0 Å². The summed E-state index contributed by atoms with van der Waals surface area (Å²) >= 11 is 0. The standard InChI is InChI=1S/C16H29N3O/c1-5-13(3)19(11-12-20-4)16(14(17)6-2)15-9-7-8-10-18-15/h7-10,13-14,16H,5-6,11-12,17H2,1-4H3. The lowest BCUT2D eigenvalue weighted by molar-refractivity contribution is 0.0737. The van der Waals surface area contributed by atoms with Crippen molar-refractivity contribution in [2.45, 2.75) is 51.7 Å². The van der Waals surface area contributed by atoms with Crippen molar-refractivity contribution in [1.29, 1.82) is 0 Å². The summed E-state index contributed by atoms with van der Waals surface area (Å²) in [4.78, 5) is 6.96. The Morgan fingerprint density at radius 2 is 2.05 bits per heavy atom. The first-order valence-corrected chi connectivity index (χ1v) is 7.56. The van der Waals surface area contributed by atoms with E-state index in [-0.39, 0.29) is 12.1 Å². The number of rotatable bonds is 9. The maximum absolute atomic E-state index is 6.39. The molecule has 4 heteroatoms. The number of nitrogens with zero attached hydrogens (tertiary/aromatic N) is 2. The molecule has 0 fully saturated rings. The fourth-order valence-electron chi connectivity index (χ4n) is 2.47. The summed E-state index contributed by atoms with van der Waals surface area (Å²) in [7, 11) is 1.74. The van der Waals surface area contributed by atoms with Gasteiger partial charge in [-0.3, -0.25) is 9.88 Å². The van der Waals surface area contributed by atoms with Crippen LogP contribution in [0, 0.1) is 0 Å². The van der Waals surface area contributed by atoms with E-state index in [1.807, 2.05) is 18.3 Å². The van der Waals surface area contributed by atoms with Crippen LogP contribution in [0.15, 0.2) is 24.4 Å². The van der Waals surface area contributed by atoms with Gasteiger partial charge < -0.3 is 10.5 Å². The van der Waals surface area contributed by atoms with Crippen LogP contribution in [-0.4, -0.2) is 42.2 Å². The SMILES string of the molecule is CCC(N)C(c1ccccn1)N(CCOC)C(C)CC. The highest BCUT2D eigenvalue weighted by atomic mass is 16.5. The van der Waals surface area contributed by atoms with E-state index in [1.54, 1.807) is 7.11 Å². The van der Waals surface area contributed by atoms with Gasteiger partial charge in [-0.1, -0.05) is 19.9 Å². The topological polar surface area (TPSA) is 51.4 Å². The van der Waals surface area contributed by atoms with Gasteiger partial charge in [0, 0.05) is 31.9 Å². The number of nitrogens with two attached hydrogens (primary N) is 1. The smallest absolute Gasteiger partial charge is 0.0676 e. The predicted molar refractivity (Wildman–Crippen MR) is 83.6 cm³/mol. The van der Waals surface area contributed by atoms with Gasteiger partial charge in [0.1, 0.15) is 0 Å². The fourth-order valence-corrected chi connectivity index (χ4v) is 2.47. The minimum absolute atomic E-state index is 0.0794. The zero-order chi connectivity index (χ0) is 15.0. The lowest BCUT2D eigenvalue weighted by Crippen LogP contribution is -2.46. The highest BCUT2D eigenvalue weighted by molar-refractivity contribution is 5.12. The minimum Gasteiger partial charge on any atom is -0.383 e. The molecule has 3 unspecified atom stereocenters. The number of pyridine rings is 1. The van der Waals surface area contributed by atoms with Gasteiger partial charge in [0.15, 0.2) is 0 Å². The van der Waals surface area contributed by atoms with Crippen LogP contribution in [0.1, 0.15) is 45.3 Å². The summed E-state index contributed by atoms with van der Waals surface area (Å²) in [6.07, 6.45) is 3.86. The Balaban J connectivity index is 3.04. The van der Waals surface area contributed by atoms with Crippen LogP contribution in [0.3, 0.4) is 0 Å². The molecular formula is C16H29N3O. The second-order valence-corrected chi connectivity index (χ2v) is 5.26. The van der Waals surface area contributed by atoms with Crippen molar-refractivity contribution in [3.63, 3.8) is 0 Å². The summed E-state index contributed by atoms with van der Waals surface area (Å²) in [6, 6.07) is 6.73. The molecule has 0 aliphatic carbocycles. The van der Waals surface area contributed by atoms with Crippen molar-refractivity contribution < 1.29 is 4.74 Å². The van der Waals surface area contributed by atoms with E-state index >= 15 is 0 Å².